The van der Waals surface area contributed by atoms with Gasteiger partial charge in [-0.1, -0.05) is 0 Å². The molecule has 1 unspecified atom stereocenters. The van der Waals surface area contributed by atoms with Crippen LogP contribution in [0.1, 0.15) is 18.1 Å². The Bertz CT molecular complexity index is 350. The maximum Gasteiger partial charge on any atom is 0.164 e. The first kappa shape index (κ1) is 12.8. The van der Waals surface area contributed by atoms with E-state index in [0.717, 1.165) is 5.56 Å². The van der Waals surface area contributed by atoms with Gasteiger partial charge < -0.3 is 14.6 Å². The third-order valence-corrected chi connectivity index (χ3v) is 2.29. The lowest BCUT2D eigenvalue weighted by atomic mass is 10.0. The van der Waals surface area contributed by atoms with Gasteiger partial charge in [0.1, 0.15) is 6.67 Å². The predicted molar refractivity (Wildman–Crippen MR) is 59.7 cm³/mol. The molecule has 1 aromatic carbocycles. The van der Waals surface area contributed by atoms with E-state index in [1.165, 1.54) is 14.2 Å². The summed E-state index contributed by atoms with van der Waals surface area (Å²) in [5.41, 5.74) is 1.28. The van der Waals surface area contributed by atoms with Crippen molar-refractivity contribution in [3.05, 3.63) is 23.3 Å². The van der Waals surface area contributed by atoms with Crippen LogP contribution in [-0.4, -0.2) is 25.4 Å². The number of hydrogen-bond acceptors (Lipinski definition) is 3. The molecular weight excluding hydrogens is 211 g/mol. The lowest BCUT2D eigenvalue weighted by Gasteiger charge is -2.15. The van der Waals surface area contributed by atoms with E-state index >= 15 is 0 Å². The van der Waals surface area contributed by atoms with Gasteiger partial charge in [-0.15, -0.1) is 0 Å². The van der Waals surface area contributed by atoms with Gasteiger partial charge in [0.15, 0.2) is 11.5 Å². The molecule has 0 aliphatic rings. The van der Waals surface area contributed by atoms with Crippen LogP contribution in [0.5, 0.6) is 11.5 Å². The van der Waals surface area contributed by atoms with Crippen molar-refractivity contribution in [1.82, 2.24) is 0 Å². The molecule has 0 aromatic heterocycles. The topological polar surface area (TPSA) is 38.7 Å². The molecule has 0 aliphatic heterocycles. The fourth-order valence-corrected chi connectivity index (χ4v) is 1.65. The maximum absolute atomic E-state index is 12.6. The van der Waals surface area contributed by atoms with E-state index in [9.17, 15) is 9.50 Å². The highest BCUT2D eigenvalue weighted by molar-refractivity contribution is 5.49. The largest absolute Gasteiger partial charge is 0.493 e. The molecule has 0 aliphatic carbocycles. The molecule has 16 heavy (non-hydrogen) atoms. The quantitative estimate of drug-likeness (QED) is 0.838. The molecule has 0 amide bonds. The minimum absolute atomic E-state index is 0.410. The van der Waals surface area contributed by atoms with Crippen LogP contribution < -0.4 is 9.47 Å². The smallest absolute Gasteiger partial charge is 0.164 e. The van der Waals surface area contributed by atoms with Crippen molar-refractivity contribution in [1.29, 1.82) is 0 Å². The molecule has 0 heterocycles. The summed E-state index contributed by atoms with van der Waals surface area (Å²) in [6.45, 7) is 1.11. The van der Waals surface area contributed by atoms with Gasteiger partial charge in [-0.05, 0) is 24.6 Å². The van der Waals surface area contributed by atoms with E-state index in [4.69, 9.17) is 9.47 Å². The number of alkyl halides is 1. The van der Waals surface area contributed by atoms with Crippen LogP contribution >= 0.6 is 0 Å². The average Bonchev–Trinajstić information content (AvgIpc) is 2.27. The van der Waals surface area contributed by atoms with Crippen molar-refractivity contribution in [2.75, 3.05) is 14.2 Å². The van der Waals surface area contributed by atoms with Gasteiger partial charge in [0.25, 0.3) is 0 Å². The Balaban J connectivity index is 3.19. The highest BCUT2D eigenvalue weighted by Crippen LogP contribution is 2.33. The molecule has 0 saturated heterocycles. The van der Waals surface area contributed by atoms with Crippen molar-refractivity contribution in [3.63, 3.8) is 0 Å². The zero-order valence-electron chi connectivity index (χ0n) is 9.79. The molecule has 90 valence electrons. The van der Waals surface area contributed by atoms with E-state index in [2.05, 4.69) is 0 Å². The fraction of sp³-hybridized carbons (Fsp3) is 0.500. The molecule has 0 spiro atoms. The van der Waals surface area contributed by atoms with Crippen molar-refractivity contribution in [2.45, 2.75) is 26.1 Å². The van der Waals surface area contributed by atoms with E-state index in [-0.39, 0.29) is 0 Å². The van der Waals surface area contributed by atoms with E-state index in [1.807, 2.05) is 0 Å². The number of hydrogen-bond donors (Lipinski definition) is 1. The van der Waals surface area contributed by atoms with E-state index in [1.54, 1.807) is 19.1 Å². The van der Waals surface area contributed by atoms with Crippen LogP contribution in [-0.2, 0) is 13.1 Å². The number of ether oxygens (including phenoxy) is 2. The highest BCUT2D eigenvalue weighted by Gasteiger charge is 2.13. The van der Waals surface area contributed by atoms with Crippen molar-refractivity contribution < 1.29 is 19.0 Å². The molecule has 0 saturated carbocycles. The third-order valence-electron chi connectivity index (χ3n) is 2.29. The summed E-state index contributed by atoms with van der Waals surface area (Å²) in [5.74, 6) is 1.05. The minimum Gasteiger partial charge on any atom is -0.493 e. The van der Waals surface area contributed by atoms with Crippen molar-refractivity contribution in [3.8, 4) is 11.5 Å². The number of benzene rings is 1. The van der Waals surface area contributed by atoms with E-state index in [0.29, 0.717) is 23.5 Å². The summed E-state index contributed by atoms with van der Waals surface area (Å²) < 4.78 is 23.0. The van der Waals surface area contributed by atoms with Gasteiger partial charge in [-0.3, -0.25) is 0 Å². The van der Waals surface area contributed by atoms with Crippen LogP contribution in [0.4, 0.5) is 4.39 Å². The average molecular weight is 228 g/mol. The Labute approximate surface area is 94.8 Å². The highest BCUT2D eigenvalue weighted by atomic mass is 19.1. The van der Waals surface area contributed by atoms with Crippen molar-refractivity contribution >= 4 is 0 Å². The number of halogens is 1. The van der Waals surface area contributed by atoms with Crippen LogP contribution in [0.2, 0.25) is 0 Å². The van der Waals surface area contributed by atoms with Gasteiger partial charge in [0.05, 0.1) is 20.3 Å². The molecule has 1 atom stereocenters. The summed E-state index contributed by atoms with van der Waals surface area (Å²) >= 11 is 0. The van der Waals surface area contributed by atoms with Crippen LogP contribution in [0.3, 0.4) is 0 Å². The zero-order valence-corrected chi connectivity index (χ0v) is 9.79. The van der Waals surface area contributed by atoms with Gasteiger partial charge in [-0.25, -0.2) is 4.39 Å². The lowest BCUT2D eigenvalue weighted by Crippen LogP contribution is -2.07. The lowest BCUT2D eigenvalue weighted by molar-refractivity contribution is 0.193. The second-order valence-corrected chi connectivity index (χ2v) is 3.68. The van der Waals surface area contributed by atoms with Crippen molar-refractivity contribution in [2.24, 2.45) is 0 Å². The van der Waals surface area contributed by atoms with Gasteiger partial charge in [0, 0.05) is 12.0 Å². The number of aliphatic hydroxyl groups is 1. The zero-order chi connectivity index (χ0) is 12.1. The number of aliphatic hydroxyl groups excluding tert-OH is 1. The summed E-state index contributed by atoms with van der Waals surface area (Å²) in [4.78, 5) is 0. The molecule has 1 aromatic rings. The maximum atomic E-state index is 12.6. The Morgan fingerprint density at radius 2 is 2.00 bits per heavy atom. The first-order valence-corrected chi connectivity index (χ1v) is 5.10. The standard InChI is InChI=1S/C12H17FO3/c1-8(14)4-10-5-9(7-13)6-11(15-2)12(10)16-3/h5-6,8,14H,4,7H2,1-3H3. The van der Waals surface area contributed by atoms with Crippen LogP contribution in [0, 0.1) is 0 Å². The minimum atomic E-state index is -0.562. The molecule has 0 bridgehead atoms. The van der Waals surface area contributed by atoms with Gasteiger partial charge in [0.2, 0.25) is 0 Å². The molecule has 1 N–H and O–H groups in total. The Kier molecular flexibility index (Phi) is 4.55. The normalized spacial score (nSPS) is 12.3. The summed E-state index contributed by atoms with van der Waals surface area (Å²) in [5, 5.41) is 9.36. The van der Waals surface area contributed by atoms with E-state index < -0.39 is 12.8 Å². The summed E-state index contributed by atoms with van der Waals surface area (Å²) in [6.07, 6.45) is -0.0960. The van der Waals surface area contributed by atoms with Crippen LogP contribution in [0.25, 0.3) is 0 Å². The first-order valence-electron chi connectivity index (χ1n) is 5.10. The first-order chi connectivity index (χ1) is 7.62. The monoisotopic (exact) mass is 228 g/mol. The third kappa shape index (κ3) is 2.85. The Morgan fingerprint density at radius 3 is 2.44 bits per heavy atom. The second kappa shape index (κ2) is 5.70. The SMILES string of the molecule is COc1cc(CF)cc(CC(C)O)c1OC. The molecule has 3 nitrogen and oxygen atoms in total. The Hall–Kier alpha value is -1.29. The second-order valence-electron chi connectivity index (χ2n) is 3.68. The van der Waals surface area contributed by atoms with Gasteiger partial charge in [-0.2, -0.15) is 0 Å². The molecular formula is C12H17FO3. The summed E-state index contributed by atoms with van der Waals surface area (Å²) in [6, 6.07) is 3.29. The van der Waals surface area contributed by atoms with Crippen LogP contribution in [0.15, 0.2) is 12.1 Å². The molecule has 0 radical (unpaired) electrons. The molecule has 0 fully saturated rings. The predicted octanol–water partition coefficient (Wildman–Crippen LogP) is 2.10. The number of methoxy groups -OCH3 is 2. The number of rotatable bonds is 5. The fourth-order valence-electron chi connectivity index (χ4n) is 1.65. The summed E-state index contributed by atoms with van der Waals surface area (Å²) in [7, 11) is 3.03. The molecule has 1 rings (SSSR count). The van der Waals surface area contributed by atoms with Gasteiger partial charge >= 0.3 is 0 Å². The molecule has 4 heteroatoms. The Morgan fingerprint density at radius 1 is 1.31 bits per heavy atom.